The van der Waals surface area contributed by atoms with Gasteiger partial charge in [0.25, 0.3) is 5.69 Å². The molecule has 0 saturated heterocycles. The van der Waals surface area contributed by atoms with E-state index in [1.54, 1.807) is 13.2 Å². The molecule has 0 aliphatic heterocycles. The highest BCUT2D eigenvalue weighted by atomic mass is 79.9. The van der Waals surface area contributed by atoms with Crippen molar-refractivity contribution in [3.05, 3.63) is 58.1 Å². The predicted molar refractivity (Wildman–Crippen MR) is 102 cm³/mol. The van der Waals surface area contributed by atoms with E-state index >= 15 is 0 Å². The van der Waals surface area contributed by atoms with E-state index in [1.807, 2.05) is 18.2 Å². The van der Waals surface area contributed by atoms with E-state index in [1.165, 1.54) is 29.5 Å². The SMILES string of the molecule is Br.COc1cccc2sc(NCC(=O)c3cccc([N+](=O)[O-])c3)nc12. The fourth-order valence-corrected chi connectivity index (χ4v) is 3.09. The molecule has 0 unspecified atom stereocenters. The second-order valence-electron chi connectivity index (χ2n) is 4.91. The molecule has 0 spiro atoms. The highest BCUT2D eigenvalue weighted by molar-refractivity contribution is 8.93. The number of methoxy groups -OCH3 is 1. The van der Waals surface area contributed by atoms with Crippen LogP contribution in [0, 0.1) is 10.1 Å². The van der Waals surface area contributed by atoms with Gasteiger partial charge in [0.15, 0.2) is 10.9 Å². The number of halogens is 1. The summed E-state index contributed by atoms with van der Waals surface area (Å²) in [6.45, 7) is 0.00328. The molecule has 0 fully saturated rings. The number of nitrogens with one attached hydrogen (secondary N) is 1. The van der Waals surface area contributed by atoms with E-state index in [4.69, 9.17) is 4.74 Å². The number of benzene rings is 2. The largest absolute Gasteiger partial charge is 0.494 e. The van der Waals surface area contributed by atoms with Crippen LogP contribution in [0.2, 0.25) is 0 Å². The van der Waals surface area contributed by atoms with E-state index in [2.05, 4.69) is 10.3 Å². The van der Waals surface area contributed by atoms with Crippen LogP contribution >= 0.6 is 28.3 Å². The lowest BCUT2D eigenvalue weighted by molar-refractivity contribution is -0.384. The molecule has 25 heavy (non-hydrogen) atoms. The molecule has 3 rings (SSSR count). The molecule has 0 aliphatic carbocycles. The van der Waals surface area contributed by atoms with Crippen molar-refractivity contribution >= 4 is 55.1 Å². The molecular formula is C16H14BrN3O4S. The Morgan fingerprint density at radius 2 is 2.08 bits per heavy atom. The van der Waals surface area contributed by atoms with Crippen molar-refractivity contribution in [3.63, 3.8) is 0 Å². The van der Waals surface area contributed by atoms with Gasteiger partial charge in [0.2, 0.25) is 0 Å². The van der Waals surface area contributed by atoms with Crippen LogP contribution in [-0.4, -0.2) is 29.3 Å². The molecule has 7 nitrogen and oxygen atoms in total. The van der Waals surface area contributed by atoms with Crippen molar-refractivity contribution in [2.24, 2.45) is 0 Å². The third-order valence-electron chi connectivity index (χ3n) is 3.38. The summed E-state index contributed by atoms with van der Waals surface area (Å²) in [6, 6.07) is 11.3. The van der Waals surface area contributed by atoms with Gasteiger partial charge in [-0.15, -0.1) is 17.0 Å². The molecule has 0 atom stereocenters. The average molecular weight is 424 g/mol. The van der Waals surface area contributed by atoms with Gasteiger partial charge in [-0.3, -0.25) is 14.9 Å². The highest BCUT2D eigenvalue weighted by Crippen LogP contribution is 2.32. The number of aromatic nitrogens is 1. The minimum Gasteiger partial charge on any atom is -0.494 e. The van der Waals surface area contributed by atoms with Crippen LogP contribution in [-0.2, 0) is 0 Å². The second-order valence-corrected chi connectivity index (χ2v) is 5.94. The van der Waals surface area contributed by atoms with E-state index in [0.717, 1.165) is 10.2 Å². The molecule has 1 N–H and O–H groups in total. The third-order valence-corrected chi connectivity index (χ3v) is 4.36. The summed E-state index contributed by atoms with van der Waals surface area (Å²) in [5.41, 5.74) is 0.913. The number of rotatable bonds is 6. The number of non-ortho nitro benzene ring substituents is 1. The summed E-state index contributed by atoms with van der Waals surface area (Å²) in [6.07, 6.45) is 0. The summed E-state index contributed by atoms with van der Waals surface area (Å²) >= 11 is 1.41. The Kier molecular flexibility index (Phi) is 6.05. The van der Waals surface area contributed by atoms with Gasteiger partial charge in [0, 0.05) is 17.7 Å². The zero-order chi connectivity index (χ0) is 17.1. The van der Waals surface area contributed by atoms with Gasteiger partial charge in [-0.05, 0) is 12.1 Å². The Hall–Kier alpha value is -2.52. The maximum absolute atomic E-state index is 12.2. The van der Waals surface area contributed by atoms with Crippen molar-refractivity contribution in [1.29, 1.82) is 0 Å². The Morgan fingerprint density at radius 3 is 2.80 bits per heavy atom. The molecule has 0 aliphatic rings. The lowest BCUT2D eigenvalue weighted by Gasteiger charge is -2.02. The molecule has 130 valence electrons. The van der Waals surface area contributed by atoms with Crippen molar-refractivity contribution in [2.45, 2.75) is 0 Å². The quantitative estimate of drug-likeness (QED) is 0.364. The van der Waals surface area contributed by atoms with Crippen LogP contribution in [0.3, 0.4) is 0 Å². The number of nitrogens with zero attached hydrogens (tertiary/aromatic N) is 2. The van der Waals surface area contributed by atoms with E-state index in [-0.39, 0.29) is 40.6 Å². The van der Waals surface area contributed by atoms with Crippen LogP contribution in [0.4, 0.5) is 10.8 Å². The summed E-state index contributed by atoms with van der Waals surface area (Å²) in [5.74, 6) is 0.423. The number of ether oxygens (including phenoxy) is 1. The van der Waals surface area contributed by atoms with Crippen molar-refractivity contribution in [2.75, 3.05) is 19.0 Å². The molecule has 1 aromatic heterocycles. The number of para-hydroxylation sites is 1. The summed E-state index contributed by atoms with van der Waals surface area (Å²) in [4.78, 5) is 26.9. The number of fused-ring (bicyclic) bond motifs is 1. The topological polar surface area (TPSA) is 94.4 Å². The highest BCUT2D eigenvalue weighted by Gasteiger charge is 2.13. The lowest BCUT2D eigenvalue weighted by atomic mass is 10.1. The average Bonchev–Trinajstić information content (AvgIpc) is 3.02. The number of carbonyl (C=O) groups is 1. The normalized spacial score (nSPS) is 10.1. The van der Waals surface area contributed by atoms with Crippen LogP contribution in [0.5, 0.6) is 5.75 Å². The fourth-order valence-electron chi connectivity index (χ4n) is 2.21. The Morgan fingerprint density at radius 1 is 1.32 bits per heavy atom. The molecule has 3 aromatic rings. The number of anilines is 1. The summed E-state index contributed by atoms with van der Waals surface area (Å²) in [7, 11) is 1.58. The first-order valence-corrected chi connectivity index (χ1v) is 7.85. The lowest BCUT2D eigenvalue weighted by Crippen LogP contribution is -2.14. The van der Waals surface area contributed by atoms with Gasteiger partial charge >= 0.3 is 0 Å². The van der Waals surface area contributed by atoms with E-state index in [0.29, 0.717) is 10.9 Å². The van der Waals surface area contributed by atoms with Crippen molar-refractivity contribution in [3.8, 4) is 5.75 Å². The number of carbonyl (C=O) groups excluding carboxylic acids is 1. The molecule has 0 bridgehead atoms. The van der Waals surface area contributed by atoms with Crippen molar-refractivity contribution < 1.29 is 14.5 Å². The van der Waals surface area contributed by atoms with Gasteiger partial charge in [0.1, 0.15) is 11.3 Å². The standard InChI is InChI=1S/C16H13N3O4S.BrH/c1-23-13-6-3-7-14-15(13)18-16(24-14)17-9-12(20)10-4-2-5-11(8-10)19(21)22;/h2-8H,9H2,1H3,(H,17,18);1H. The molecule has 0 amide bonds. The van der Waals surface area contributed by atoms with Crippen molar-refractivity contribution in [1.82, 2.24) is 4.98 Å². The Bertz CT molecular complexity index is 929. The molecule has 0 radical (unpaired) electrons. The zero-order valence-electron chi connectivity index (χ0n) is 13.1. The van der Waals surface area contributed by atoms with Crippen LogP contribution in [0.15, 0.2) is 42.5 Å². The second kappa shape index (κ2) is 8.04. The number of nitro groups is 1. The van der Waals surface area contributed by atoms with Gasteiger partial charge in [-0.2, -0.15) is 0 Å². The number of thiazole rings is 1. The number of nitro benzene ring substituents is 1. The number of Topliss-reactive ketones (excluding diaryl/α,β-unsaturated/α-hetero) is 1. The first kappa shape index (κ1) is 18.8. The molecule has 9 heteroatoms. The Labute approximate surface area is 157 Å². The first-order chi connectivity index (χ1) is 11.6. The van der Waals surface area contributed by atoms with Gasteiger partial charge < -0.3 is 10.1 Å². The third kappa shape index (κ3) is 4.12. The van der Waals surface area contributed by atoms with Crippen LogP contribution < -0.4 is 10.1 Å². The first-order valence-electron chi connectivity index (χ1n) is 7.03. The van der Waals surface area contributed by atoms with Gasteiger partial charge in [0.05, 0.1) is 23.3 Å². The fraction of sp³-hybridized carbons (Fsp3) is 0.125. The Balaban J connectivity index is 0.00000225. The minimum atomic E-state index is -0.524. The molecular weight excluding hydrogens is 410 g/mol. The molecule has 1 heterocycles. The smallest absolute Gasteiger partial charge is 0.270 e. The maximum Gasteiger partial charge on any atom is 0.270 e. The van der Waals surface area contributed by atoms with Gasteiger partial charge in [-0.1, -0.05) is 29.5 Å². The number of hydrogen-bond acceptors (Lipinski definition) is 7. The van der Waals surface area contributed by atoms with Crippen LogP contribution in [0.25, 0.3) is 10.2 Å². The molecule has 0 saturated carbocycles. The van der Waals surface area contributed by atoms with E-state index < -0.39 is 4.92 Å². The van der Waals surface area contributed by atoms with Crippen LogP contribution in [0.1, 0.15) is 10.4 Å². The summed E-state index contributed by atoms with van der Waals surface area (Å²) in [5, 5.41) is 14.3. The summed E-state index contributed by atoms with van der Waals surface area (Å²) < 4.78 is 6.20. The number of hydrogen-bond donors (Lipinski definition) is 1. The number of ketones is 1. The molecule has 2 aromatic carbocycles. The van der Waals surface area contributed by atoms with Gasteiger partial charge in [-0.25, -0.2) is 4.98 Å². The monoisotopic (exact) mass is 423 g/mol. The maximum atomic E-state index is 12.2. The predicted octanol–water partition coefficient (Wildman–Crippen LogP) is 4.09. The van der Waals surface area contributed by atoms with E-state index in [9.17, 15) is 14.9 Å². The minimum absolute atomic E-state index is 0. The zero-order valence-corrected chi connectivity index (χ0v) is 15.6.